The quantitative estimate of drug-likeness (QED) is 0.642. The van der Waals surface area contributed by atoms with Gasteiger partial charge in [-0.05, 0) is 36.4 Å². The number of hydrogen-bond acceptors (Lipinski definition) is 5. The van der Waals surface area contributed by atoms with E-state index in [0.717, 1.165) is 24.3 Å². The van der Waals surface area contributed by atoms with Crippen LogP contribution in [0.15, 0.2) is 52.3 Å². The molecule has 0 aliphatic carbocycles. The van der Waals surface area contributed by atoms with Crippen LogP contribution in [0.4, 0.5) is 18.9 Å². The van der Waals surface area contributed by atoms with Crippen LogP contribution < -0.4 is 9.46 Å². The van der Waals surface area contributed by atoms with Crippen molar-refractivity contribution in [3.05, 3.63) is 48.0 Å². The number of methoxy groups -OCH3 is 1. The number of nitrogens with zero attached hydrogens (tertiary/aromatic N) is 1. The topological polar surface area (TPSA) is 92.8 Å². The first kappa shape index (κ1) is 24.0. The van der Waals surface area contributed by atoms with Crippen LogP contribution in [0.1, 0.15) is 19.4 Å². The first-order valence-electron chi connectivity index (χ1n) is 8.75. The summed E-state index contributed by atoms with van der Waals surface area (Å²) in [6, 6.07) is 6.80. The summed E-state index contributed by atoms with van der Waals surface area (Å²) in [5.74, 6) is 0.00375. The minimum Gasteiger partial charge on any atom is -0.495 e. The number of sulfonamides is 2. The van der Waals surface area contributed by atoms with Crippen LogP contribution in [-0.2, 0) is 26.2 Å². The highest BCUT2D eigenvalue weighted by Crippen LogP contribution is 2.33. The van der Waals surface area contributed by atoms with E-state index in [4.69, 9.17) is 4.74 Å². The number of ether oxygens (including phenoxy) is 1. The molecule has 0 saturated carbocycles. The molecule has 0 spiro atoms. The molecule has 0 bridgehead atoms. The van der Waals surface area contributed by atoms with Gasteiger partial charge in [-0.2, -0.15) is 17.5 Å². The molecule has 0 fully saturated rings. The molecule has 2 aromatic carbocycles. The van der Waals surface area contributed by atoms with E-state index in [0.29, 0.717) is 6.07 Å². The summed E-state index contributed by atoms with van der Waals surface area (Å²) in [4.78, 5) is -0.815. The normalized spacial score (nSPS) is 12.8. The Kier molecular flexibility index (Phi) is 7.05. The third-order valence-electron chi connectivity index (χ3n) is 4.23. The van der Waals surface area contributed by atoms with Crippen molar-refractivity contribution in [1.82, 2.24) is 4.31 Å². The van der Waals surface area contributed by atoms with Gasteiger partial charge in [0, 0.05) is 13.1 Å². The van der Waals surface area contributed by atoms with Crippen molar-refractivity contribution in [3.63, 3.8) is 0 Å². The maximum atomic E-state index is 12.9. The second-order valence-corrected chi connectivity index (χ2v) is 9.70. The summed E-state index contributed by atoms with van der Waals surface area (Å²) in [6.07, 6.45) is -4.72. The Bertz CT molecular complexity index is 1110. The Hall–Kier alpha value is -2.31. The lowest BCUT2D eigenvalue weighted by atomic mass is 10.2. The maximum Gasteiger partial charge on any atom is 0.416 e. The van der Waals surface area contributed by atoms with Gasteiger partial charge in [0.25, 0.3) is 10.0 Å². The Labute approximate surface area is 173 Å². The molecule has 0 unspecified atom stereocenters. The van der Waals surface area contributed by atoms with Crippen LogP contribution in [0.5, 0.6) is 5.75 Å². The SMILES string of the molecule is CCN(CC)S(=O)(=O)c1ccc(OC)c(NS(=O)(=O)c2cccc(C(F)(F)F)c2)c1. The van der Waals surface area contributed by atoms with Gasteiger partial charge in [-0.1, -0.05) is 19.9 Å². The molecule has 0 aliphatic heterocycles. The Morgan fingerprint density at radius 1 is 0.967 bits per heavy atom. The highest BCUT2D eigenvalue weighted by Gasteiger charge is 2.32. The molecule has 0 saturated heterocycles. The molecule has 0 amide bonds. The molecule has 12 heteroatoms. The van der Waals surface area contributed by atoms with Crippen LogP contribution in [0, 0.1) is 0 Å². The molecule has 0 atom stereocenters. The average molecular weight is 467 g/mol. The summed E-state index contributed by atoms with van der Waals surface area (Å²) >= 11 is 0. The standard InChI is InChI=1S/C18H21F3N2O5S2/c1-4-23(5-2)30(26,27)15-9-10-17(28-3)16(12-15)22-29(24,25)14-8-6-7-13(11-14)18(19,20)21/h6-12,22H,4-5H2,1-3H3. The smallest absolute Gasteiger partial charge is 0.416 e. The van der Waals surface area contributed by atoms with Crippen molar-refractivity contribution in [2.24, 2.45) is 0 Å². The van der Waals surface area contributed by atoms with Gasteiger partial charge in [-0.15, -0.1) is 0 Å². The molecule has 7 nitrogen and oxygen atoms in total. The van der Waals surface area contributed by atoms with E-state index in [1.165, 1.54) is 23.5 Å². The van der Waals surface area contributed by atoms with Gasteiger partial charge in [-0.25, -0.2) is 16.8 Å². The van der Waals surface area contributed by atoms with Crippen molar-refractivity contribution < 1.29 is 34.7 Å². The highest BCUT2D eigenvalue weighted by atomic mass is 32.2. The summed E-state index contributed by atoms with van der Waals surface area (Å²) in [6.45, 7) is 3.72. The second kappa shape index (κ2) is 8.82. The minimum atomic E-state index is -4.72. The fourth-order valence-corrected chi connectivity index (χ4v) is 5.27. The van der Waals surface area contributed by atoms with Crippen LogP contribution >= 0.6 is 0 Å². The molecule has 0 radical (unpaired) electrons. The van der Waals surface area contributed by atoms with Gasteiger partial charge in [0.1, 0.15) is 5.75 Å². The summed E-state index contributed by atoms with van der Waals surface area (Å²) in [5, 5.41) is 0. The molecule has 166 valence electrons. The van der Waals surface area contributed by atoms with E-state index in [1.807, 2.05) is 0 Å². The van der Waals surface area contributed by atoms with Crippen LogP contribution in [0.2, 0.25) is 0 Å². The third kappa shape index (κ3) is 5.05. The second-order valence-electron chi connectivity index (χ2n) is 6.08. The molecule has 2 rings (SSSR count). The number of alkyl halides is 3. The minimum absolute atomic E-state index is 0.00375. The predicted molar refractivity (Wildman–Crippen MR) is 105 cm³/mol. The van der Waals surface area contributed by atoms with Gasteiger partial charge in [-0.3, -0.25) is 4.72 Å². The van der Waals surface area contributed by atoms with Crippen LogP contribution in [0.3, 0.4) is 0 Å². The summed E-state index contributed by atoms with van der Waals surface area (Å²) < 4.78 is 97.9. The zero-order valence-electron chi connectivity index (χ0n) is 16.4. The summed E-state index contributed by atoms with van der Waals surface area (Å²) in [5.41, 5.74) is -1.35. The van der Waals surface area contributed by atoms with Crippen LogP contribution in [-0.4, -0.2) is 41.3 Å². The molecule has 0 aromatic heterocycles. The molecular weight excluding hydrogens is 445 g/mol. The third-order valence-corrected chi connectivity index (χ3v) is 7.64. The van der Waals surface area contributed by atoms with Gasteiger partial charge in [0.05, 0.1) is 28.2 Å². The zero-order valence-corrected chi connectivity index (χ0v) is 18.0. The lowest BCUT2D eigenvalue weighted by Gasteiger charge is -2.20. The lowest BCUT2D eigenvalue weighted by molar-refractivity contribution is -0.137. The van der Waals surface area contributed by atoms with Crippen LogP contribution in [0.25, 0.3) is 0 Å². The van der Waals surface area contributed by atoms with Gasteiger partial charge in [0.15, 0.2) is 0 Å². The summed E-state index contributed by atoms with van der Waals surface area (Å²) in [7, 11) is -7.12. The van der Waals surface area contributed by atoms with Crippen molar-refractivity contribution >= 4 is 25.7 Å². The zero-order chi connectivity index (χ0) is 22.7. The molecule has 0 aliphatic rings. The maximum absolute atomic E-state index is 12.9. The number of benzene rings is 2. The lowest BCUT2D eigenvalue weighted by Crippen LogP contribution is -2.30. The Balaban J connectivity index is 2.52. The fourth-order valence-electron chi connectivity index (χ4n) is 2.68. The largest absolute Gasteiger partial charge is 0.495 e. The average Bonchev–Trinajstić information content (AvgIpc) is 2.68. The van der Waals surface area contributed by atoms with Gasteiger partial charge in [0.2, 0.25) is 10.0 Å². The first-order chi connectivity index (χ1) is 13.9. The van der Waals surface area contributed by atoms with E-state index < -0.39 is 36.7 Å². The van der Waals surface area contributed by atoms with Gasteiger partial charge >= 0.3 is 6.18 Å². The number of nitrogens with one attached hydrogen (secondary N) is 1. The Morgan fingerprint density at radius 3 is 2.13 bits per heavy atom. The molecule has 2 aromatic rings. The fraction of sp³-hybridized carbons (Fsp3) is 0.333. The Morgan fingerprint density at radius 2 is 1.60 bits per heavy atom. The van der Waals surface area contributed by atoms with Crippen molar-refractivity contribution in [2.45, 2.75) is 29.8 Å². The van der Waals surface area contributed by atoms with E-state index >= 15 is 0 Å². The van der Waals surface area contributed by atoms with Crippen molar-refractivity contribution in [3.8, 4) is 5.75 Å². The number of hydrogen-bond donors (Lipinski definition) is 1. The van der Waals surface area contributed by atoms with Crippen molar-refractivity contribution in [1.29, 1.82) is 0 Å². The number of halogens is 3. The van der Waals surface area contributed by atoms with Gasteiger partial charge < -0.3 is 4.74 Å². The van der Waals surface area contributed by atoms with E-state index in [9.17, 15) is 30.0 Å². The molecule has 30 heavy (non-hydrogen) atoms. The first-order valence-corrected chi connectivity index (χ1v) is 11.7. The van der Waals surface area contributed by atoms with E-state index in [-0.39, 0.29) is 29.4 Å². The predicted octanol–water partition coefficient (Wildman–Crippen LogP) is 3.55. The number of anilines is 1. The monoisotopic (exact) mass is 466 g/mol. The van der Waals surface area contributed by atoms with Crippen molar-refractivity contribution in [2.75, 3.05) is 24.9 Å². The number of rotatable bonds is 8. The highest BCUT2D eigenvalue weighted by molar-refractivity contribution is 7.92. The molecule has 1 N–H and O–H groups in total. The van der Waals surface area contributed by atoms with E-state index in [1.54, 1.807) is 13.8 Å². The molecule has 0 heterocycles. The van der Waals surface area contributed by atoms with E-state index in [2.05, 4.69) is 4.72 Å². The molecular formula is C18H21F3N2O5S2.